The normalized spacial score (nSPS) is 10.5. The summed E-state index contributed by atoms with van der Waals surface area (Å²) in [4.78, 5) is 50.6. The molecule has 4 aromatic rings. The summed E-state index contributed by atoms with van der Waals surface area (Å²) in [7, 11) is 0. The average molecular weight is 591 g/mol. The molecule has 0 N–H and O–H groups in total. The van der Waals surface area contributed by atoms with Crippen LogP contribution in [0.4, 0.5) is 0 Å². The third-order valence-electron chi connectivity index (χ3n) is 6.44. The first-order valence-electron chi connectivity index (χ1n) is 13.4. The van der Waals surface area contributed by atoms with E-state index in [0.29, 0.717) is 67.3 Å². The summed E-state index contributed by atoms with van der Waals surface area (Å²) < 4.78 is 12.0. The lowest BCUT2D eigenvalue weighted by Gasteiger charge is -2.21. The molecule has 6 nitrogen and oxygen atoms in total. The topological polar surface area (TPSA) is 86.7 Å². The number of allylic oxidation sites excluding steroid dienone is 2. The molecule has 0 amide bonds. The molecule has 4 aromatic carbocycles. The van der Waals surface area contributed by atoms with E-state index in [1.165, 1.54) is 11.8 Å². The zero-order valence-electron chi connectivity index (χ0n) is 23.9. The smallest absolute Gasteiger partial charge is 0.188 e. The van der Waals surface area contributed by atoms with E-state index >= 15 is 0 Å². The Balaban J connectivity index is 2.00. The summed E-state index contributed by atoms with van der Waals surface area (Å²) in [5.41, 5.74) is 3.96. The molecule has 216 valence electrons. The van der Waals surface area contributed by atoms with Crippen LogP contribution >= 0.6 is 11.8 Å². The van der Waals surface area contributed by atoms with E-state index in [1.54, 1.807) is 38.1 Å². The number of Topliss-reactive ketones (excluding diaryl/α,β-unsaturated/α-hetero) is 2. The van der Waals surface area contributed by atoms with Crippen molar-refractivity contribution < 1.29 is 28.7 Å². The molecule has 0 spiro atoms. The van der Waals surface area contributed by atoms with Crippen molar-refractivity contribution in [1.29, 1.82) is 0 Å². The molecule has 0 atom stereocenters. The van der Waals surface area contributed by atoms with E-state index in [4.69, 9.17) is 9.47 Å². The number of carbonyl (C=O) groups is 4. The van der Waals surface area contributed by atoms with E-state index in [1.807, 2.05) is 60.7 Å². The van der Waals surface area contributed by atoms with E-state index in [9.17, 15) is 19.2 Å². The average Bonchev–Trinajstić information content (AvgIpc) is 3.03. The van der Waals surface area contributed by atoms with Crippen LogP contribution in [0.3, 0.4) is 0 Å². The van der Waals surface area contributed by atoms with Crippen LogP contribution in [-0.2, 0) is 9.59 Å². The number of aldehydes is 2. The summed E-state index contributed by atoms with van der Waals surface area (Å²) in [6.45, 7) is 10.5. The predicted octanol–water partition coefficient (Wildman–Crippen LogP) is 7.84. The number of hydrogen-bond acceptors (Lipinski definition) is 7. The molecule has 0 aliphatic carbocycles. The van der Waals surface area contributed by atoms with Crippen molar-refractivity contribution in [3.8, 4) is 33.8 Å². The second-order valence-corrected chi connectivity index (χ2v) is 10.7. The molecule has 0 unspecified atom stereocenters. The third-order valence-corrected chi connectivity index (χ3v) is 7.53. The highest BCUT2D eigenvalue weighted by Crippen LogP contribution is 2.49. The van der Waals surface area contributed by atoms with Gasteiger partial charge >= 0.3 is 0 Å². The summed E-state index contributed by atoms with van der Waals surface area (Å²) in [5.74, 6) is 0.158. The number of rotatable bonds is 14. The SMILES string of the molecule is C=C(C)C(=O)c1ccc(Sc2ccc(C(=O)C(=C)C)c(-c3ccccc3)c2OCC=O)c(OCC=O)c1-c1ccccc1. The van der Waals surface area contributed by atoms with Gasteiger partial charge in [0, 0.05) is 22.3 Å². The maximum atomic E-state index is 13.2. The molecule has 0 aliphatic heterocycles. The Kier molecular flexibility index (Phi) is 10.3. The molecule has 0 heterocycles. The van der Waals surface area contributed by atoms with Crippen LogP contribution in [0.25, 0.3) is 22.3 Å². The van der Waals surface area contributed by atoms with Crippen molar-refractivity contribution in [3.63, 3.8) is 0 Å². The van der Waals surface area contributed by atoms with Crippen LogP contribution in [0.15, 0.2) is 119 Å². The first-order valence-corrected chi connectivity index (χ1v) is 14.3. The molecule has 0 bridgehead atoms. The van der Waals surface area contributed by atoms with Gasteiger partial charge in [-0.1, -0.05) is 85.6 Å². The van der Waals surface area contributed by atoms with E-state index in [2.05, 4.69) is 13.2 Å². The van der Waals surface area contributed by atoms with Crippen LogP contribution in [0.1, 0.15) is 34.6 Å². The summed E-state index contributed by atoms with van der Waals surface area (Å²) in [5, 5.41) is 0. The van der Waals surface area contributed by atoms with Gasteiger partial charge in [0.2, 0.25) is 0 Å². The summed E-state index contributed by atoms with van der Waals surface area (Å²) in [6.07, 6.45) is 1.28. The molecule has 0 aliphatic rings. The molecule has 43 heavy (non-hydrogen) atoms. The minimum absolute atomic E-state index is 0.242. The first-order chi connectivity index (χ1) is 20.8. The Morgan fingerprint density at radius 3 is 1.33 bits per heavy atom. The predicted molar refractivity (Wildman–Crippen MR) is 169 cm³/mol. The minimum Gasteiger partial charge on any atom is -0.484 e. The molecular weight excluding hydrogens is 560 g/mol. The van der Waals surface area contributed by atoms with Crippen molar-refractivity contribution in [1.82, 2.24) is 0 Å². The fourth-order valence-electron chi connectivity index (χ4n) is 4.55. The third kappa shape index (κ3) is 6.90. The van der Waals surface area contributed by atoms with Crippen LogP contribution < -0.4 is 9.47 Å². The molecule has 4 rings (SSSR count). The number of hydrogen-bond donors (Lipinski definition) is 0. The lowest BCUT2D eigenvalue weighted by molar-refractivity contribution is -0.110. The Hall–Kier alpha value is -5.01. The monoisotopic (exact) mass is 590 g/mol. The van der Waals surface area contributed by atoms with Gasteiger partial charge in [0.25, 0.3) is 0 Å². The molecule has 0 saturated heterocycles. The molecule has 0 saturated carbocycles. The van der Waals surface area contributed by atoms with Crippen molar-refractivity contribution in [2.24, 2.45) is 0 Å². The second kappa shape index (κ2) is 14.2. The Morgan fingerprint density at radius 2 is 1.00 bits per heavy atom. The standard InChI is InChI=1S/C36H30O6S/c1-23(2)33(39)27-15-17-29(35(41-21-19-37)31(27)25-11-7-5-8-12-25)43-30-18-16-28(34(40)24(3)4)32(36(30)42-22-20-38)26-13-9-6-10-14-26/h5-20H,1,3,21-22H2,2,4H3. The number of ether oxygens (including phenoxy) is 2. The lowest BCUT2D eigenvalue weighted by atomic mass is 9.93. The van der Waals surface area contributed by atoms with Gasteiger partial charge in [-0.25, -0.2) is 0 Å². The van der Waals surface area contributed by atoms with Gasteiger partial charge < -0.3 is 9.47 Å². The fourth-order valence-corrected chi connectivity index (χ4v) is 5.57. The van der Waals surface area contributed by atoms with Crippen molar-refractivity contribution >= 4 is 35.9 Å². The molecule has 0 fully saturated rings. The molecule has 0 aromatic heterocycles. The van der Waals surface area contributed by atoms with Crippen molar-refractivity contribution in [2.45, 2.75) is 23.6 Å². The van der Waals surface area contributed by atoms with Crippen molar-refractivity contribution in [3.05, 3.63) is 120 Å². The molecule has 0 radical (unpaired) electrons. The van der Waals surface area contributed by atoms with Crippen LogP contribution in [0.2, 0.25) is 0 Å². The highest BCUT2D eigenvalue weighted by molar-refractivity contribution is 7.99. The van der Waals surface area contributed by atoms with Crippen LogP contribution in [0.5, 0.6) is 11.5 Å². The Morgan fingerprint density at radius 1 is 0.628 bits per heavy atom. The Labute approximate surface area is 255 Å². The van der Waals surface area contributed by atoms with Gasteiger partial charge in [-0.2, -0.15) is 0 Å². The largest absolute Gasteiger partial charge is 0.484 e. The van der Waals surface area contributed by atoms with Crippen molar-refractivity contribution in [2.75, 3.05) is 13.2 Å². The highest BCUT2D eigenvalue weighted by atomic mass is 32.2. The van der Waals surface area contributed by atoms with E-state index in [0.717, 1.165) is 11.1 Å². The summed E-state index contributed by atoms with van der Waals surface area (Å²) in [6, 6.07) is 25.5. The van der Waals surface area contributed by atoms with Gasteiger partial charge in [-0.05, 0) is 60.4 Å². The number of benzene rings is 4. The highest BCUT2D eigenvalue weighted by Gasteiger charge is 2.25. The number of ketones is 2. The van der Waals surface area contributed by atoms with Gasteiger partial charge in [0.1, 0.15) is 24.7 Å². The number of carbonyl (C=O) groups excluding carboxylic acids is 4. The van der Waals surface area contributed by atoms with Gasteiger partial charge in [-0.3, -0.25) is 19.2 Å². The van der Waals surface area contributed by atoms with Gasteiger partial charge in [0.15, 0.2) is 24.1 Å². The summed E-state index contributed by atoms with van der Waals surface area (Å²) >= 11 is 1.27. The van der Waals surface area contributed by atoms with Gasteiger partial charge in [-0.15, -0.1) is 0 Å². The van der Waals surface area contributed by atoms with Gasteiger partial charge in [0.05, 0.1) is 9.79 Å². The molecule has 7 heteroatoms. The van der Waals surface area contributed by atoms with Crippen LogP contribution in [-0.4, -0.2) is 37.4 Å². The maximum Gasteiger partial charge on any atom is 0.188 e. The van der Waals surface area contributed by atoms with E-state index in [-0.39, 0.29) is 24.8 Å². The lowest BCUT2D eigenvalue weighted by Crippen LogP contribution is -2.08. The zero-order valence-corrected chi connectivity index (χ0v) is 24.7. The quantitative estimate of drug-likeness (QED) is 0.0840. The first kappa shape index (κ1) is 30.9. The Bertz CT molecular complexity index is 1580. The zero-order chi connectivity index (χ0) is 30.9. The second-order valence-electron chi connectivity index (χ2n) is 9.64. The minimum atomic E-state index is -0.254. The van der Waals surface area contributed by atoms with E-state index < -0.39 is 0 Å². The molecular formula is C36H30O6S. The van der Waals surface area contributed by atoms with Crippen LogP contribution in [0, 0.1) is 0 Å². The maximum absolute atomic E-state index is 13.2. The fraction of sp³-hybridized carbons (Fsp3) is 0.111.